The molecule has 2 fully saturated rings. The molecular weight excluding hydrogens is 276 g/mol. The lowest BCUT2D eigenvalue weighted by molar-refractivity contribution is -0.138. The van der Waals surface area contributed by atoms with E-state index in [1.807, 2.05) is 23.1 Å². The van der Waals surface area contributed by atoms with Crippen LogP contribution in [0.15, 0.2) is 24.4 Å². The minimum Gasteiger partial charge on any atom is -0.338 e. The van der Waals surface area contributed by atoms with E-state index in [1.165, 1.54) is 0 Å². The van der Waals surface area contributed by atoms with E-state index >= 15 is 0 Å². The van der Waals surface area contributed by atoms with E-state index in [9.17, 15) is 4.79 Å². The Bertz CT molecular complexity index is 479. The number of piperazine rings is 1. The molecule has 3 heterocycles. The van der Waals surface area contributed by atoms with E-state index in [1.54, 1.807) is 6.20 Å². The number of carbonyl (C=O) groups is 1. The second kappa shape index (κ2) is 7.20. The van der Waals surface area contributed by atoms with Gasteiger partial charge in [0.1, 0.15) is 6.04 Å². The van der Waals surface area contributed by atoms with Crippen LogP contribution >= 0.6 is 0 Å². The number of hydrogen-bond donors (Lipinski definition) is 1. The Morgan fingerprint density at radius 1 is 1.23 bits per heavy atom. The molecule has 22 heavy (non-hydrogen) atoms. The molecule has 5 nitrogen and oxygen atoms in total. The summed E-state index contributed by atoms with van der Waals surface area (Å²) in [5.74, 6) is 0.977. The molecule has 1 atom stereocenters. The summed E-state index contributed by atoms with van der Waals surface area (Å²) in [6, 6.07) is 5.66. The number of nitrogens with zero attached hydrogens (tertiary/aromatic N) is 3. The quantitative estimate of drug-likeness (QED) is 0.914. The van der Waals surface area contributed by atoms with Crippen LogP contribution in [-0.4, -0.2) is 60.0 Å². The molecule has 0 bridgehead atoms. The van der Waals surface area contributed by atoms with Crippen LogP contribution in [0.4, 0.5) is 0 Å². The van der Waals surface area contributed by atoms with Crippen molar-refractivity contribution >= 4 is 5.91 Å². The van der Waals surface area contributed by atoms with Crippen LogP contribution in [0.1, 0.15) is 31.5 Å². The van der Waals surface area contributed by atoms with Gasteiger partial charge in [-0.3, -0.25) is 14.7 Å². The molecule has 1 amide bonds. The highest BCUT2D eigenvalue weighted by Gasteiger charge is 2.34. The predicted molar refractivity (Wildman–Crippen MR) is 86.4 cm³/mol. The topological polar surface area (TPSA) is 48.5 Å². The Morgan fingerprint density at radius 2 is 1.95 bits per heavy atom. The van der Waals surface area contributed by atoms with E-state index in [4.69, 9.17) is 0 Å². The Morgan fingerprint density at radius 3 is 2.59 bits per heavy atom. The number of amides is 1. The van der Waals surface area contributed by atoms with Crippen LogP contribution in [-0.2, 0) is 4.79 Å². The largest absolute Gasteiger partial charge is 0.338 e. The van der Waals surface area contributed by atoms with Gasteiger partial charge in [0, 0.05) is 32.4 Å². The zero-order valence-corrected chi connectivity index (χ0v) is 13.4. The lowest BCUT2D eigenvalue weighted by Crippen LogP contribution is -2.51. The lowest BCUT2D eigenvalue weighted by Gasteiger charge is -2.39. The van der Waals surface area contributed by atoms with Crippen molar-refractivity contribution in [2.45, 2.75) is 25.8 Å². The molecule has 0 aliphatic carbocycles. The fraction of sp³-hybridized carbons (Fsp3) is 0.647. The summed E-state index contributed by atoms with van der Waals surface area (Å²) in [6.07, 6.45) is 4.12. The fourth-order valence-electron chi connectivity index (χ4n) is 3.35. The van der Waals surface area contributed by atoms with E-state index in [-0.39, 0.29) is 11.9 Å². The van der Waals surface area contributed by atoms with Gasteiger partial charge in [-0.15, -0.1) is 0 Å². The fourth-order valence-corrected chi connectivity index (χ4v) is 3.35. The van der Waals surface area contributed by atoms with Crippen molar-refractivity contribution in [3.8, 4) is 0 Å². The number of carbonyl (C=O) groups excluding carboxylic acids is 1. The number of likely N-dealkylation sites (tertiary alicyclic amines) is 1. The number of pyridine rings is 1. The van der Waals surface area contributed by atoms with Crippen LogP contribution < -0.4 is 5.32 Å². The molecule has 1 unspecified atom stereocenters. The highest BCUT2D eigenvalue weighted by Crippen LogP contribution is 2.27. The summed E-state index contributed by atoms with van der Waals surface area (Å²) < 4.78 is 0. The average Bonchev–Trinajstić information content (AvgIpc) is 2.58. The molecule has 0 saturated carbocycles. The molecule has 120 valence electrons. The molecule has 3 rings (SSSR count). The molecule has 1 N–H and O–H groups in total. The van der Waals surface area contributed by atoms with Gasteiger partial charge < -0.3 is 10.2 Å². The maximum Gasteiger partial charge on any atom is 0.246 e. The maximum absolute atomic E-state index is 13.1. The van der Waals surface area contributed by atoms with Crippen molar-refractivity contribution in [2.75, 3.05) is 39.3 Å². The van der Waals surface area contributed by atoms with Crippen molar-refractivity contribution in [1.29, 1.82) is 0 Å². The van der Waals surface area contributed by atoms with Gasteiger partial charge in [-0.2, -0.15) is 0 Å². The Labute approximate surface area is 132 Å². The predicted octanol–water partition coefficient (Wildman–Crippen LogP) is 1.29. The van der Waals surface area contributed by atoms with Gasteiger partial charge >= 0.3 is 0 Å². The maximum atomic E-state index is 13.1. The second-order valence-corrected chi connectivity index (χ2v) is 6.45. The Kier molecular flexibility index (Phi) is 5.05. The molecule has 0 spiro atoms. The van der Waals surface area contributed by atoms with Crippen molar-refractivity contribution in [3.05, 3.63) is 30.1 Å². The van der Waals surface area contributed by atoms with Crippen molar-refractivity contribution < 1.29 is 4.79 Å². The third-order valence-electron chi connectivity index (χ3n) is 4.81. The third kappa shape index (κ3) is 3.47. The number of rotatable bonds is 3. The number of nitrogens with one attached hydrogen (secondary N) is 1. The Hall–Kier alpha value is -1.46. The van der Waals surface area contributed by atoms with Gasteiger partial charge in [0.25, 0.3) is 0 Å². The second-order valence-electron chi connectivity index (χ2n) is 6.45. The molecule has 1 aromatic rings. The summed E-state index contributed by atoms with van der Waals surface area (Å²) in [7, 11) is 0. The van der Waals surface area contributed by atoms with E-state index in [0.717, 1.165) is 63.7 Å². The molecule has 2 aliphatic rings. The van der Waals surface area contributed by atoms with Crippen molar-refractivity contribution in [1.82, 2.24) is 20.1 Å². The zero-order chi connectivity index (χ0) is 15.4. The summed E-state index contributed by atoms with van der Waals surface area (Å²) in [6.45, 7) is 7.64. The number of aromatic nitrogens is 1. The molecule has 0 aromatic carbocycles. The molecular formula is C17H26N4O. The third-order valence-corrected chi connectivity index (χ3v) is 4.81. The van der Waals surface area contributed by atoms with E-state index in [0.29, 0.717) is 0 Å². The molecule has 1 aromatic heterocycles. The molecule has 2 saturated heterocycles. The summed E-state index contributed by atoms with van der Waals surface area (Å²) in [5.41, 5.74) is 0.889. The first-order valence-corrected chi connectivity index (χ1v) is 8.40. The Balaban J connectivity index is 1.81. The first-order valence-electron chi connectivity index (χ1n) is 8.40. The minimum absolute atomic E-state index is 0.216. The van der Waals surface area contributed by atoms with Crippen molar-refractivity contribution in [2.24, 2.45) is 5.92 Å². The smallest absolute Gasteiger partial charge is 0.246 e. The van der Waals surface area contributed by atoms with Crippen LogP contribution in [0.5, 0.6) is 0 Å². The SMILES string of the molecule is CC1CCN(C(C(=O)N2CCNCC2)c2ccccn2)CC1. The van der Waals surface area contributed by atoms with Gasteiger partial charge in [-0.05, 0) is 44.0 Å². The van der Waals surface area contributed by atoms with E-state index in [2.05, 4.69) is 22.1 Å². The number of piperidine rings is 1. The zero-order valence-electron chi connectivity index (χ0n) is 13.4. The summed E-state index contributed by atoms with van der Waals surface area (Å²) >= 11 is 0. The molecule has 5 heteroatoms. The lowest BCUT2D eigenvalue weighted by atomic mass is 9.96. The van der Waals surface area contributed by atoms with Crippen LogP contribution in [0.3, 0.4) is 0 Å². The summed E-state index contributed by atoms with van der Waals surface area (Å²) in [4.78, 5) is 21.9. The highest BCUT2D eigenvalue weighted by atomic mass is 16.2. The average molecular weight is 302 g/mol. The van der Waals surface area contributed by atoms with Gasteiger partial charge in [0.15, 0.2) is 0 Å². The normalized spacial score (nSPS) is 22.5. The first-order chi connectivity index (χ1) is 10.8. The van der Waals surface area contributed by atoms with Crippen LogP contribution in [0.25, 0.3) is 0 Å². The standard InChI is InChI=1S/C17H26N4O/c1-14-5-10-20(11-6-14)16(15-4-2-3-7-19-15)17(22)21-12-8-18-9-13-21/h2-4,7,14,16,18H,5-6,8-13H2,1H3. The van der Waals surface area contributed by atoms with Crippen LogP contribution in [0.2, 0.25) is 0 Å². The monoisotopic (exact) mass is 302 g/mol. The van der Waals surface area contributed by atoms with Crippen LogP contribution in [0, 0.1) is 5.92 Å². The van der Waals surface area contributed by atoms with Gasteiger partial charge in [0.2, 0.25) is 5.91 Å². The van der Waals surface area contributed by atoms with Gasteiger partial charge in [0.05, 0.1) is 5.69 Å². The molecule has 0 radical (unpaired) electrons. The summed E-state index contributed by atoms with van der Waals surface area (Å²) in [5, 5.41) is 3.31. The number of hydrogen-bond acceptors (Lipinski definition) is 4. The first kappa shape index (κ1) is 15.4. The minimum atomic E-state index is -0.216. The highest BCUT2D eigenvalue weighted by molar-refractivity contribution is 5.83. The van der Waals surface area contributed by atoms with Gasteiger partial charge in [-0.1, -0.05) is 13.0 Å². The molecule has 2 aliphatic heterocycles. The van der Waals surface area contributed by atoms with Gasteiger partial charge in [-0.25, -0.2) is 0 Å². The van der Waals surface area contributed by atoms with E-state index < -0.39 is 0 Å². The van der Waals surface area contributed by atoms with Crippen molar-refractivity contribution in [3.63, 3.8) is 0 Å².